The molecule has 0 spiro atoms. The fourth-order valence-corrected chi connectivity index (χ4v) is 2.50. The standard InChI is InChI=1S/C17H27N3O3.HI/c1-4-18-17(20-10-9-14(21)12-20)19-11-13(2)23-16-7-5-15(22-3)6-8-16;/h5-8,13-14,21H,4,9-12H2,1-3H3,(H,18,19);1H/t13?,14-;/m1./s1. The van der Waals surface area contributed by atoms with Gasteiger partial charge in [0.2, 0.25) is 0 Å². The average Bonchev–Trinajstić information content (AvgIpc) is 2.98. The number of ether oxygens (including phenoxy) is 2. The summed E-state index contributed by atoms with van der Waals surface area (Å²) in [6, 6.07) is 7.53. The highest BCUT2D eigenvalue weighted by molar-refractivity contribution is 14.0. The lowest BCUT2D eigenvalue weighted by Crippen LogP contribution is -2.41. The van der Waals surface area contributed by atoms with Crippen LogP contribution in [0, 0.1) is 0 Å². The van der Waals surface area contributed by atoms with Gasteiger partial charge in [-0.25, -0.2) is 4.99 Å². The van der Waals surface area contributed by atoms with Gasteiger partial charge in [0.1, 0.15) is 17.6 Å². The quantitative estimate of drug-likeness (QED) is 0.396. The van der Waals surface area contributed by atoms with Gasteiger partial charge in [-0.05, 0) is 44.5 Å². The summed E-state index contributed by atoms with van der Waals surface area (Å²) in [6.45, 7) is 6.87. The number of nitrogens with one attached hydrogen (secondary N) is 1. The second kappa shape index (κ2) is 10.6. The smallest absolute Gasteiger partial charge is 0.194 e. The monoisotopic (exact) mass is 449 g/mol. The van der Waals surface area contributed by atoms with Crippen molar-refractivity contribution >= 4 is 29.9 Å². The minimum Gasteiger partial charge on any atom is -0.497 e. The number of benzene rings is 1. The van der Waals surface area contributed by atoms with Crippen LogP contribution in [0.2, 0.25) is 0 Å². The van der Waals surface area contributed by atoms with Gasteiger partial charge < -0.3 is 24.8 Å². The number of guanidine groups is 1. The van der Waals surface area contributed by atoms with Gasteiger partial charge in [0.05, 0.1) is 19.8 Å². The lowest BCUT2D eigenvalue weighted by molar-refractivity contribution is 0.187. The SMILES string of the molecule is CCNC(=NCC(C)Oc1ccc(OC)cc1)N1CC[C@@H](O)C1.I. The van der Waals surface area contributed by atoms with Gasteiger partial charge in [-0.1, -0.05) is 0 Å². The summed E-state index contributed by atoms with van der Waals surface area (Å²) >= 11 is 0. The Morgan fingerprint density at radius 3 is 2.58 bits per heavy atom. The third-order valence-electron chi connectivity index (χ3n) is 3.69. The van der Waals surface area contributed by atoms with Crippen molar-refractivity contribution in [2.45, 2.75) is 32.5 Å². The summed E-state index contributed by atoms with van der Waals surface area (Å²) in [7, 11) is 1.64. The Balaban J connectivity index is 0.00000288. The van der Waals surface area contributed by atoms with Gasteiger partial charge >= 0.3 is 0 Å². The molecule has 0 bridgehead atoms. The molecule has 1 unspecified atom stereocenters. The molecule has 1 aliphatic heterocycles. The molecule has 6 nitrogen and oxygen atoms in total. The van der Waals surface area contributed by atoms with Crippen LogP contribution >= 0.6 is 24.0 Å². The first-order chi connectivity index (χ1) is 11.1. The molecular weight excluding hydrogens is 421 g/mol. The van der Waals surface area contributed by atoms with Crippen LogP contribution in [0.15, 0.2) is 29.3 Å². The molecule has 1 aliphatic rings. The molecule has 0 saturated carbocycles. The predicted octanol–water partition coefficient (Wildman–Crippen LogP) is 2.11. The highest BCUT2D eigenvalue weighted by Crippen LogP contribution is 2.18. The van der Waals surface area contributed by atoms with Gasteiger partial charge in [-0.3, -0.25) is 0 Å². The summed E-state index contributed by atoms with van der Waals surface area (Å²) in [5.41, 5.74) is 0. The van der Waals surface area contributed by atoms with E-state index >= 15 is 0 Å². The zero-order valence-electron chi connectivity index (χ0n) is 14.6. The van der Waals surface area contributed by atoms with Crippen molar-refractivity contribution in [3.05, 3.63) is 24.3 Å². The second-order valence-electron chi connectivity index (χ2n) is 5.69. The van der Waals surface area contributed by atoms with E-state index in [0.717, 1.165) is 37.0 Å². The van der Waals surface area contributed by atoms with Crippen molar-refractivity contribution in [3.8, 4) is 11.5 Å². The molecule has 0 amide bonds. The number of aliphatic hydroxyl groups is 1. The summed E-state index contributed by atoms with van der Waals surface area (Å²) in [5, 5.41) is 12.9. The van der Waals surface area contributed by atoms with Gasteiger partial charge in [-0.2, -0.15) is 0 Å². The van der Waals surface area contributed by atoms with E-state index in [2.05, 4.69) is 15.2 Å². The maximum atomic E-state index is 9.67. The van der Waals surface area contributed by atoms with Crippen LogP contribution < -0.4 is 14.8 Å². The van der Waals surface area contributed by atoms with E-state index in [1.54, 1.807) is 7.11 Å². The summed E-state index contributed by atoms with van der Waals surface area (Å²) < 4.78 is 11.0. The molecule has 1 fully saturated rings. The molecular formula is C17H28IN3O3. The molecule has 0 aliphatic carbocycles. The molecule has 0 radical (unpaired) electrons. The Labute approximate surface area is 161 Å². The summed E-state index contributed by atoms with van der Waals surface area (Å²) in [5.74, 6) is 2.45. The Morgan fingerprint density at radius 1 is 1.38 bits per heavy atom. The molecule has 2 rings (SSSR count). The molecule has 2 N–H and O–H groups in total. The van der Waals surface area contributed by atoms with Crippen LogP contribution in [-0.2, 0) is 0 Å². The molecule has 0 aromatic heterocycles. The number of rotatable bonds is 6. The van der Waals surface area contributed by atoms with E-state index in [0.29, 0.717) is 13.1 Å². The van der Waals surface area contributed by atoms with E-state index < -0.39 is 0 Å². The molecule has 1 aromatic rings. The predicted molar refractivity (Wildman–Crippen MR) is 107 cm³/mol. The van der Waals surface area contributed by atoms with Crippen molar-refractivity contribution in [1.29, 1.82) is 0 Å². The first-order valence-corrected chi connectivity index (χ1v) is 8.14. The first-order valence-electron chi connectivity index (χ1n) is 8.14. The average molecular weight is 449 g/mol. The van der Waals surface area contributed by atoms with Crippen LogP contribution in [0.4, 0.5) is 0 Å². The largest absolute Gasteiger partial charge is 0.497 e. The molecule has 2 atom stereocenters. The Morgan fingerprint density at radius 2 is 2.04 bits per heavy atom. The van der Waals surface area contributed by atoms with Crippen molar-refractivity contribution in [1.82, 2.24) is 10.2 Å². The number of likely N-dealkylation sites (tertiary alicyclic amines) is 1. The Bertz CT molecular complexity index is 510. The van der Waals surface area contributed by atoms with E-state index in [1.165, 1.54) is 0 Å². The molecule has 1 aromatic carbocycles. The number of nitrogens with zero attached hydrogens (tertiary/aromatic N) is 2. The minimum absolute atomic E-state index is 0. The fourth-order valence-electron chi connectivity index (χ4n) is 2.50. The van der Waals surface area contributed by atoms with Crippen molar-refractivity contribution in [2.24, 2.45) is 4.99 Å². The van der Waals surface area contributed by atoms with E-state index in [-0.39, 0.29) is 36.2 Å². The first kappa shape index (κ1) is 20.8. The van der Waals surface area contributed by atoms with Crippen LogP contribution in [-0.4, -0.2) is 61.5 Å². The normalized spacial score (nSPS) is 18.8. The van der Waals surface area contributed by atoms with Gasteiger partial charge in [0.25, 0.3) is 0 Å². The second-order valence-corrected chi connectivity index (χ2v) is 5.69. The minimum atomic E-state index is -0.258. The highest BCUT2D eigenvalue weighted by atomic mass is 127. The third kappa shape index (κ3) is 6.35. The number of hydrogen-bond donors (Lipinski definition) is 2. The number of methoxy groups -OCH3 is 1. The zero-order valence-corrected chi connectivity index (χ0v) is 16.9. The molecule has 24 heavy (non-hydrogen) atoms. The highest BCUT2D eigenvalue weighted by Gasteiger charge is 2.22. The lowest BCUT2D eigenvalue weighted by atomic mass is 10.3. The van der Waals surface area contributed by atoms with Gasteiger partial charge in [-0.15, -0.1) is 24.0 Å². The van der Waals surface area contributed by atoms with Crippen LogP contribution in [0.25, 0.3) is 0 Å². The molecule has 1 saturated heterocycles. The Hall–Kier alpha value is -1.22. The van der Waals surface area contributed by atoms with E-state index in [4.69, 9.17) is 9.47 Å². The third-order valence-corrected chi connectivity index (χ3v) is 3.69. The topological polar surface area (TPSA) is 66.3 Å². The number of aliphatic hydroxyl groups excluding tert-OH is 1. The number of hydrogen-bond acceptors (Lipinski definition) is 4. The van der Waals surface area contributed by atoms with Crippen molar-refractivity contribution in [2.75, 3.05) is 33.3 Å². The van der Waals surface area contributed by atoms with Gasteiger partial charge in [0.15, 0.2) is 5.96 Å². The fraction of sp³-hybridized carbons (Fsp3) is 0.588. The number of halogens is 1. The van der Waals surface area contributed by atoms with Crippen molar-refractivity contribution in [3.63, 3.8) is 0 Å². The number of aliphatic imine (C=N–C) groups is 1. The summed E-state index contributed by atoms with van der Waals surface area (Å²) in [6.07, 6.45) is 0.499. The molecule has 1 heterocycles. The maximum absolute atomic E-state index is 9.67. The van der Waals surface area contributed by atoms with Crippen LogP contribution in [0.3, 0.4) is 0 Å². The van der Waals surface area contributed by atoms with E-state index in [9.17, 15) is 5.11 Å². The maximum Gasteiger partial charge on any atom is 0.194 e. The van der Waals surface area contributed by atoms with Gasteiger partial charge in [0, 0.05) is 19.6 Å². The zero-order chi connectivity index (χ0) is 16.7. The summed E-state index contributed by atoms with van der Waals surface area (Å²) in [4.78, 5) is 6.72. The number of β-amino-alcohol motifs (C(OH)–C–C–N with tert-alkyl or cyclic N) is 1. The lowest BCUT2D eigenvalue weighted by Gasteiger charge is -2.22. The van der Waals surface area contributed by atoms with Crippen LogP contribution in [0.5, 0.6) is 11.5 Å². The Kier molecular flexibility index (Phi) is 9.20. The van der Waals surface area contributed by atoms with Crippen molar-refractivity contribution < 1.29 is 14.6 Å². The van der Waals surface area contributed by atoms with Crippen LogP contribution in [0.1, 0.15) is 20.3 Å². The van der Waals surface area contributed by atoms with E-state index in [1.807, 2.05) is 38.1 Å². The molecule has 136 valence electrons. The molecule has 7 heteroatoms.